The highest BCUT2D eigenvalue weighted by Crippen LogP contribution is 2.34. The first-order valence-electron chi connectivity index (χ1n) is 8.85. The van der Waals surface area contributed by atoms with Crippen molar-refractivity contribution in [2.24, 2.45) is 0 Å². The van der Waals surface area contributed by atoms with Gasteiger partial charge in [-0.25, -0.2) is 0 Å². The molecular formula is C22H22N2O. The average Bonchev–Trinajstić information content (AvgIpc) is 3.09. The van der Waals surface area contributed by atoms with Crippen LogP contribution in [-0.4, -0.2) is 22.3 Å². The summed E-state index contributed by atoms with van der Waals surface area (Å²) in [6, 6.07) is 14.7. The molecule has 1 unspecified atom stereocenters. The number of amides is 1. The molecule has 0 spiro atoms. The Labute approximate surface area is 148 Å². The van der Waals surface area contributed by atoms with Gasteiger partial charge in [0.2, 0.25) is 0 Å². The topological polar surface area (TPSA) is 33.2 Å². The summed E-state index contributed by atoms with van der Waals surface area (Å²) in [4.78, 5) is 19.6. The number of likely N-dealkylation sites (tertiary alicyclic amines) is 1. The van der Waals surface area contributed by atoms with E-state index in [1.165, 1.54) is 16.7 Å². The van der Waals surface area contributed by atoms with Gasteiger partial charge in [-0.1, -0.05) is 53.6 Å². The molecule has 0 N–H and O–H groups in total. The van der Waals surface area contributed by atoms with Crippen molar-refractivity contribution in [3.63, 3.8) is 0 Å². The molecule has 2 heterocycles. The highest BCUT2D eigenvalue weighted by atomic mass is 16.2. The van der Waals surface area contributed by atoms with E-state index in [0.29, 0.717) is 5.56 Å². The lowest BCUT2D eigenvalue weighted by Crippen LogP contribution is -2.30. The Bertz CT molecular complexity index is 922. The van der Waals surface area contributed by atoms with E-state index in [2.05, 4.69) is 37.0 Å². The van der Waals surface area contributed by atoms with Crippen LogP contribution >= 0.6 is 0 Å². The zero-order chi connectivity index (χ0) is 17.4. The molecule has 3 aromatic rings. The van der Waals surface area contributed by atoms with Crippen LogP contribution in [0.25, 0.3) is 10.8 Å². The van der Waals surface area contributed by atoms with Crippen molar-refractivity contribution < 1.29 is 4.79 Å². The summed E-state index contributed by atoms with van der Waals surface area (Å²) in [6.07, 6.45) is 5.59. The third kappa shape index (κ3) is 2.91. The van der Waals surface area contributed by atoms with Gasteiger partial charge in [-0.05, 0) is 37.6 Å². The average molecular weight is 330 g/mol. The van der Waals surface area contributed by atoms with Crippen molar-refractivity contribution in [3.8, 4) is 0 Å². The van der Waals surface area contributed by atoms with Crippen molar-refractivity contribution in [2.45, 2.75) is 32.7 Å². The van der Waals surface area contributed by atoms with Gasteiger partial charge >= 0.3 is 0 Å². The number of rotatable bonds is 2. The molecule has 0 radical (unpaired) electrons. The Morgan fingerprint density at radius 2 is 1.84 bits per heavy atom. The Kier molecular flexibility index (Phi) is 4.00. The van der Waals surface area contributed by atoms with Crippen molar-refractivity contribution in [3.05, 3.63) is 77.1 Å². The van der Waals surface area contributed by atoms with Gasteiger partial charge in [0.1, 0.15) is 0 Å². The minimum Gasteiger partial charge on any atom is -0.332 e. The number of carbonyl (C=O) groups is 1. The summed E-state index contributed by atoms with van der Waals surface area (Å²) >= 11 is 0. The summed E-state index contributed by atoms with van der Waals surface area (Å²) in [5.74, 6) is 0.0889. The maximum atomic E-state index is 13.3. The van der Waals surface area contributed by atoms with Gasteiger partial charge in [0.05, 0.1) is 11.6 Å². The highest BCUT2D eigenvalue weighted by molar-refractivity contribution is 6.06. The summed E-state index contributed by atoms with van der Waals surface area (Å²) in [6.45, 7) is 5.04. The molecule has 0 bridgehead atoms. The lowest BCUT2D eigenvalue weighted by Gasteiger charge is -2.26. The van der Waals surface area contributed by atoms with Crippen molar-refractivity contribution in [1.82, 2.24) is 9.88 Å². The van der Waals surface area contributed by atoms with E-state index in [-0.39, 0.29) is 11.9 Å². The first kappa shape index (κ1) is 15.8. The van der Waals surface area contributed by atoms with Gasteiger partial charge in [-0.3, -0.25) is 9.78 Å². The molecule has 3 heteroatoms. The molecule has 25 heavy (non-hydrogen) atoms. The first-order chi connectivity index (χ1) is 12.1. The third-order valence-electron chi connectivity index (χ3n) is 5.04. The summed E-state index contributed by atoms with van der Waals surface area (Å²) < 4.78 is 0. The number of pyridine rings is 1. The van der Waals surface area contributed by atoms with Crippen LogP contribution in [0.2, 0.25) is 0 Å². The number of aromatic nitrogens is 1. The molecule has 0 aliphatic carbocycles. The first-order valence-corrected chi connectivity index (χ1v) is 8.85. The molecule has 1 aliphatic heterocycles. The van der Waals surface area contributed by atoms with Gasteiger partial charge < -0.3 is 4.90 Å². The third-order valence-corrected chi connectivity index (χ3v) is 5.04. The normalized spacial score (nSPS) is 17.2. The smallest absolute Gasteiger partial charge is 0.256 e. The number of hydrogen-bond acceptors (Lipinski definition) is 2. The fraction of sp³-hybridized carbons (Fsp3) is 0.273. The van der Waals surface area contributed by atoms with E-state index in [1.807, 2.05) is 35.4 Å². The molecular weight excluding hydrogens is 308 g/mol. The fourth-order valence-electron chi connectivity index (χ4n) is 4.00. The summed E-state index contributed by atoms with van der Waals surface area (Å²) in [5.41, 5.74) is 4.45. The van der Waals surface area contributed by atoms with Gasteiger partial charge in [-0.2, -0.15) is 0 Å². The van der Waals surface area contributed by atoms with Crippen LogP contribution in [0.4, 0.5) is 0 Å². The Morgan fingerprint density at radius 1 is 1.08 bits per heavy atom. The zero-order valence-corrected chi connectivity index (χ0v) is 14.7. The van der Waals surface area contributed by atoms with Crippen LogP contribution in [0.15, 0.2) is 54.9 Å². The number of hydrogen-bond donors (Lipinski definition) is 0. The quantitative estimate of drug-likeness (QED) is 0.674. The molecule has 1 saturated heterocycles. The van der Waals surface area contributed by atoms with Crippen LogP contribution < -0.4 is 0 Å². The second kappa shape index (κ2) is 6.32. The minimum absolute atomic E-state index is 0.0889. The predicted octanol–water partition coefficient (Wildman–Crippen LogP) is 4.83. The second-order valence-corrected chi connectivity index (χ2v) is 6.99. The molecule has 3 nitrogen and oxygen atoms in total. The van der Waals surface area contributed by atoms with Crippen molar-refractivity contribution in [2.75, 3.05) is 6.54 Å². The molecule has 1 aromatic heterocycles. The summed E-state index contributed by atoms with van der Waals surface area (Å²) in [5, 5.41) is 1.99. The van der Waals surface area contributed by atoms with Gasteiger partial charge in [0.25, 0.3) is 5.91 Å². The minimum atomic E-state index is 0.0889. The Balaban J connectivity index is 1.73. The monoisotopic (exact) mass is 330 g/mol. The molecule has 126 valence electrons. The standard InChI is InChI=1S/C22H22N2O/c1-15-10-16(2)12-18(11-15)21-8-5-9-24(21)22(25)20-14-23-13-17-6-3-4-7-19(17)20/h3-4,6-7,10-14,21H,5,8-9H2,1-2H3. The zero-order valence-electron chi connectivity index (χ0n) is 14.7. The van der Waals surface area contributed by atoms with Crippen LogP contribution in [0.3, 0.4) is 0 Å². The number of carbonyl (C=O) groups excluding carboxylic acids is 1. The van der Waals surface area contributed by atoms with E-state index in [4.69, 9.17) is 0 Å². The lowest BCUT2D eigenvalue weighted by atomic mass is 9.99. The van der Waals surface area contributed by atoms with Gasteiger partial charge in [-0.15, -0.1) is 0 Å². The SMILES string of the molecule is Cc1cc(C)cc(C2CCCN2C(=O)c2cncc3ccccc23)c1. The Hall–Kier alpha value is -2.68. The second-order valence-electron chi connectivity index (χ2n) is 6.99. The van der Waals surface area contributed by atoms with Crippen molar-refractivity contribution in [1.29, 1.82) is 0 Å². The summed E-state index contributed by atoms with van der Waals surface area (Å²) in [7, 11) is 0. The van der Waals surface area contributed by atoms with E-state index < -0.39 is 0 Å². The van der Waals surface area contributed by atoms with E-state index >= 15 is 0 Å². The molecule has 2 aromatic carbocycles. The van der Waals surface area contributed by atoms with Crippen molar-refractivity contribution >= 4 is 16.7 Å². The number of benzene rings is 2. The molecule has 1 amide bonds. The van der Waals surface area contributed by atoms with Gasteiger partial charge in [0.15, 0.2) is 0 Å². The van der Waals surface area contributed by atoms with E-state index in [9.17, 15) is 4.79 Å². The van der Waals surface area contributed by atoms with Crippen LogP contribution in [0.5, 0.6) is 0 Å². The maximum absolute atomic E-state index is 13.3. The Morgan fingerprint density at radius 3 is 2.64 bits per heavy atom. The number of aryl methyl sites for hydroxylation is 2. The largest absolute Gasteiger partial charge is 0.332 e. The molecule has 1 fully saturated rings. The highest BCUT2D eigenvalue weighted by Gasteiger charge is 2.31. The van der Waals surface area contributed by atoms with E-state index in [0.717, 1.165) is 30.2 Å². The van der Waals surface area contributed by atoms with Gasteiger partial charge in [0, 0.05) is 24.3 Å². The van der Waals surface area contributed by atoms with Crippen LogP contribution in [0.1, 0.15) is 45.9 Å². The molecule has 0 saturated carbocycles. The molecule has 1 atom stereocenters. The molecule has 4 rings (SSSR count). The maximum Gasteiger partial charge on any atom is 0.256 e. The van der Waals surface area contributed by atoms with E-state index in [1.54, 1.807) is 6.20 Å². The lowest BCUT2D eigenvalue weighted by molar-refractivity contribution is 0.0737. The fourth-order valence-corrected chi connectivity index (χ4v) is 4.00. The number of nitrogens with zero attached hydrogens (tertiary/aromatic N) is 2. The van der Waals surface area contributed by atoms with Crippen LogP contribution in [-0.2, 0) is 0 Å². The molecule has 1 aliphatic rings. The number of fused-ring (bicyclic) bond motifs is 1. The predicted molar refractivity (Wildman–Crippen MR) is 101 cm³/mol. The van der Waals surface area contributed by atoms with Crippen LogP contribution in [0, 0.1) is 13.8 Å².